The third-order valence-electron chi connectivity index (χ3n) is 0. The van der Waals surface area contributed by atoms with Gasteiger partial charge in [-0.15, -0.1) is 0 Å². The molecule has 112 valence electrons. The Bertz CT molecular complexity index is 206. The van der Waals surface area contributed by atoms with Crippen LogP contribution in [0.25, 0.3) is 0 Å². The summed E-state index contributed by atoms with van der Waals surface area (Å²) >= 11 is 0. The smallest absolute Gasteiger partial charge is 0.344 e. The van der Waals surface area contributed by atoms with E-state index in [9.17, 15) is 0 Å². The van der Waals surface area contributed by atoms with Crippen LogP contribution in [-0.4, -0.2) is 44.0 Å². The van der Waals surface area contributed by atoms with E-state index in [4.69, 9.17) is 57.7 Å². The van der Waals surface area contributed by atoms with Crippen molar-refractivity contribution in [2.75, 3.05) is 0 Å². The molecule has 0 aliphatic carbocycles. The first kappa shape index (κ1) is 30.4. The molecular formula is H15N2O12P3. The molecule has 0 radical (unpaired) electrons. The molecule has 0 saturated carbocycles. The number of phosphoric acid groups is 3. The first-order valence-electron chi connectivity index (χ1n) is 2.35. The molecule has 0 bridgehead atoms. The zero-order valence-electron chi connectivity index (χ0n) is 8.01. The highest BCUT2D eigenvalue weighted by Crippen LogP contribution is 2.26. The summed E-state index contributed by atoms with van der Waals surface area (Å²) in [5.41, 5.74) is 0. The molecule has 0 saturated heterocycles. The normalized spacial score (nSPS) is 10.4. The highest BCUT2D eigenvalue weighted by Gasteiger charge is 2.01. The summed E-state index contributed by atoms with van der Waals surface area (Å²) in [5, 5.41) is 0. The fraction of sp³-hybridized carbons (Fsp3) is 0. The quantitative estimate of drug-likeness (QED) is 0.205. The first-order chi connectivity index (χ1) is 6.00. The van der Waals surface area contributed by atoms with E-state index in [2.05, 4.69) is 0 Å². The highest BCUT2D eigenvalue weighted by molar-refractivity contribution is 7.45. The van der Waals surface area contributed by atoms with Crippen molar-refractivity contribution in [3.05, 3.63) is 0 Å². The maximum atomic E-state index is 8.88. The van der Waals surface area contributed by atoms with Gasteiger partial charge in [0.15, 0.2) is 0 Å². The van der Waals surface area contributed by atoms with Gasteiger partial charge in [-0.25, -0.2) is 13.7 Å². The summed E-state index contributed by atoms with van der Waals surface area (Å²) in [6.07, 6.45) is 0. The van der Waals surface area contributed by atoms with Crippen LogP contribution in [0.15, 0.2) is 0 Å². The highest BCUT2D eigenvalue weighted by atomic mass is 31.2. The van der Waals surface area contributed by atoms with Gasteiger partial charge in [-0.05, 0) is 0 Å². The van der Waals surface area contributed by atoms with Gasteiger partial charge in [0.1, 0.15) is 0 Å². The summed E-state index contributed by atoms with van der Waals surface area (Å²) in [6, 6.07) is 0. The lowest BCUT2D eigenvalue weighted by atomic mass is 14.0. The van der Waals surface area contributed by atoms with E-state index in [0.717, 1.165) is 0 Å². The van der Waals surface area contributed by atoms with Crippen molar-refractivity contribution < 1.29 is 57.7 Å². The van der Waals surface area contributed by atoms with Crippen LogP contribution in [0.1, 0.15) is 0 Å². The van der Waals surface area contributed by atoms with E-state index in [1.165, 1.54) is 0 Å². The van der Waals surface area contributed by atoms with Crippen molar-refractivity contribution in [1.29, 1.82) is 0 Å². The van der Waals surface area contributed by atoms with Crippen LogP contribution >= 0.6 is 23.5 Å². The predicted molar refractivity (Wildman–Crippen MR) is 52.8 cm³/mol. The van der Waals surface area contributed by atoms with Gasteiger partial charge >= 0.3 is 23.5 Å². The maximum absolute atomic E-state index is 8.88. The minimum absolute atomic E-state index is 0. The second kappa shape index (κ2) is 11.3. The van der Waals surface area contributed by atoms with Crippen LogP contribution in [0.4, 0.5) is 0 Å². The van der Waals surface area contributed by atoms with Crippen molar-refractivity contribution >= 4 is 23.5 Å². The zero-order chi connectivity index (χ0) is 13.5. The third-order valence-corrected chi connectivity index (χ3v) is 0. The van der Waals surface area contributed by atoms with Crippen LogP contribution in [0, 0.1) is 0 Å². The second-order valence-corrected chi connectivity index (χ2v) is 4.62. The standard InChI is InChI=1S/2H3N.3H3O4P/c;;3*1-5(2,3)4/h2*1H3;3*(H3,1,2,3,4). The minimum Gasteiger partial charge on any atom is -0.344 e. The average Bonchev–Trinajstić information content (AvgIpc) is 1.41. The van der Waals surface area contributed by atoms with Gasteiger partial charge in [0.25, 0.3) is 0 Å². The van der Waals surface area contributed by atoms with Crippen molar-refractivity contribution in [2.24, 2.45) is 0 Å². The van der Waals surface area contributed by atoms with E-state index < -0.39 is 23.5 Å². The Labute approximate surface area is 94.5 Å². The molecule has 17 heteroatoms. The van der Waals surface area contributed by atoms with E-state index in [-0.39, 0.29) is 12.3 Å². The summed E-state index contributed by atoms with van der Waals surface area (Å²) in [7, 11) is -13.9. The Morgan fingerprint density at radius 2 is 0.412 bits per heavy atom. The Kier molecular flexibility index (Phi) is 20.3. The monoisotopic (exact) mass is 328 g/mol. The molecule has 0 aromatic rings. The largest absolute Gasteiger partial charge is 0.466 e. The Hall–Kier alpha value is 0.250. The minimum atomic E-state index is -4.64. The summed E-state index contributed by atoms with van der Waals surface area (Å²) in [4.78, 5) is 64.7. The number of hydrogen-bond acceptors (Lipinski definition) is 5. The molecule has 0 fully saturated rings. The molecule has 0 spiro atoms. The average molecular weight is 328 g/mol. The fourth-order valence-electron chi connectivity index (χ4n) is 0. The van der Waals surface area contributed by atoms with Gasteiger partial charge < -0.3 is 56.3 Å². The third kappa shape index (κ3) is 52800. The van der Waals surface area contributed by atoms with Crippen molar-refractivity contribution in [2.45, 2.75) is 0 Å². The molecule has 0 heterocycles. The first-order valence-corrected chi connectivity index (χ1v) is 7.04. The molecule has 0 rings (SSSR count). The zero-order valence-corrected chi connectivity index (χ0v) is 10.7. The van der Waals surface area contributed by atoms with Gasteiger partial charge in [0, 0.05) is 0 Å². The van der Waals surface area contributed by atoms with E-state index in [0.29, 0.717) is 0 Å². The molecule has 14 nitrogen and oxygen atoms in total. The molecule has 0 atom stereocenters. The van der Waals surface area contributed by atoms with Gasteiger partial charge in [0.05, 0.1) is 0 Å². The summed E-state index contributed by atoms with van der Waals surface area (Å²) in [5.74, 6) is 0. The predicted octanol–water partition coefficient (Wildman–Crippen LogP) is -2.46. The topological polar surface area (TPSA) is 303 Å². The fourth-order valence-corrected chi connectivity index (χ4v) is 0. The number of rotatable bonds is 0. The Morgan fingerprint density at radius 3 is 0.412 bits per heavy atom. The van der Waals surface area contributed by atoms with Gasteiger partial charge in [0.2, 0.25) is 0 Å². The van der Waals surface area contributed by atoms with Crippen molar-refractivity contribution in [1.82, 2.24) is 12.3 Å². The lowest BCUT2D eigenvalue weighted by Crippen LogP contribution is -1.66. The summed E-state index contributed by atoms with van der Waals surface area (Å²) < 4.78 is 26.6. The molecule has 0 aliphatic heterocycles. The Morgan fingerprint density at radius 1 is 0.412 bits per heavy atom. The molecule has 0 aromatic carbocycles. The van der Waals surface area contributed by atoms with Gasteiger partial charge in [-0.2, -0.15) is 0 Å². The van der Waals surface area contributed by atoms with Crippen molar-refractivity contribution in [3.63, 3.8) is 0 Å². The molecule has 0 unspecified atom stereocenters. The Balaban J connectivity index is -0.0000000400. The lowest BCUT2D eigenvalue weighted by Gasteiger charge is -1.82. The second-order valence-electron chi connectivity index (χ2n) is 1.54. The van der Waals surface area contributed by atoms with Gasteiger partial charge in [-0.1, -0.05) is 0 Å². The lowest BCUT2D eigenvalue weighted by molar-refractivity contribution is 0.272. The van der Waals surface area contributed by atoms with E-state index in [1.54, 1.807) is 0 Å². The van der Waals surface area contributed by atoms with Crippen LogP contribution < -0.4 is 12.3 Å². The molecule has 0 amide bonds. The summed E-state index contributed by atoms with van der Waals surface area (Å²) in [6.45, 7) is 0. The van der Waals surface area contributed by atoms with E-state index >= 15 is 0 Å². The maximum Gasteiger partial charge on any atom is 0.466 e. The van der Waals surface area contributed by atoms with Crippen LogP contribution in [0.3, 0.4) is 0 Å². The molecular weight excluding hydrogens is 313 g/mol. The van der Waals surface area contributed by atoms with Gasteiger partial charge in [-0.3, -0.25) is 0 Å². The van der Waals surface area contributed by atoms with Crippen LogP contribution in [0.5, 0.6) is 0 Å². The molecule has 15 N–H and O–H groups in total. The molecule has 17 heavy (non-hydrogen) atoms. The SMILES string of the molecule is N.N.O=P(O)(O)O.O=P(O)(O)O.O=P(O)(O)O. The van der Waals surface area contributed by atoms with Crippen LogP contribution in [-0.2, 0) is 13.7 Å². The van der Waals surface area contributed by atoms with E-state index in [1.807, 2.05) is 0 Å². The molecule has 0 aromatic heterocycles. The molecule has 0 aliphatic rings. The van der Waals surface area contributed by atoms with Crippen LogP contribution in [0.2, 0.25) is 0 Å². The number of hydrogen-bond donors (Lipinski definition) is 11. The van der Waals surface area contributed by atoms with Crippen molar-refractivity contribution in [3.8, 4) is 0 Å².